The molecule has 0 fully saturated rings. The summed E-state index contributed by atoms with van der Waals surface area (Å²) >= 11 is 11.7. The lowest BCUT2D eigenvalue weighted by Gasteiger charge is -2.16. The molecule has 5 heteroatoms. The standard InChI is InChI=1S/C15H14Cl2FNO/c1-20-14-6-5-10(16)7-9(14)8-13(19)11-3-2-4-12(17)15(11)18/h2-7,13H,8,19H2,1H3. The van der Waals surface area contributed by atoms with Crippen LogP contribution in [0.25, 0.3) is 0 Å². The van der Waals surface area contributed by atoms with E-state index in [0.29, 0.717) is 22.8 Å². The molecule has 0 aliphatic rings. The van der Waals surface area contributed by atoms with Gasteiger partial charge in [0.25, 0.3) is 0 Å². The highest BCUT2D eigenvalue weighted by molar-refractivity contribution is 6.31. The number of rotatable bonds is 4. The number of halogens is 3. The molecule has 20 heavy (non-hydrogen) atoms. The van der Waals surface area contributed by atoms with E-state index in [0.717, 1.165) is 5.56 Å². The van der Waals surface area contributed by atoms with Crippen molar-refractivity contribution in [1.82, 2.24) is 0 Å². The van der Waals surface area contributed by atoms with E-state index in [4.69, 9.17) is 33.7 Å². The van der Waals surface area contributed by atoms with E-state index in [1.165, 1.54) is 6.07 Å². The molecule has 0 amide bonds. The number of hydrogen-bond donors (Lipinski definition) is 1. The average Bonchev–Trinajstić information content (AvgIpc) is 2.42. The molecule has 0 spiro atoms. The zero-order valence-corrected chi connectivity index (χ0v) is 12.4. The number of methoxy groups -OCH3 is 1. The molecule has 2 aromatic rings. The average molecular weight is 314 g/mol. The van der Waals surface area contributed by atoms with Crippen molar-refractivity contribution in [3.8, 4) is 5.75 Å². The largest absolute Gasteiger partial charge is 0.496 e. The monoisotopic (exact) mass is 313 g/mol. The third-order valence-electron chi connectivity index (χ3n) is 3.06. The van der Waals surface area contributed by atoms with Crippen LogP contribution in [-0.2, 0) is 6.42 Å². The fourth-order valence-electron chi connectivity index (χ4n) is 2.06. The van der Waals surface area contributed by atoms with E-state index in [1.807, 2.05) is 0 Å². The lowest BCUT2D eigenvalue weighted by Crippen LogP contribution is -2.15. The van der Waals surface area contributed by atoms with E-state index in [9.17, 15) is 4.39 Å². The summed E-state index contributed by atoms with van der Waals surface area (Å²) in [7, 11) is 1.57. The van der Waals surface area contributed by atoms with Crippen LogP contribution in [0.1, 0.15) is 17.2 Å². The van der Waals surface area contributed by atoms with Gasteiger partial charge in [-0.1, -0.05) is 35.3 Å². The van der Waals surface area contributed by atoms with Crippen molar-refractivity contribution in [2.24, 2.45) is 5.73 Å². The van der Waals surface area contributed by atoms with Gasteiger partial charge in [0.2, 0.25) is 0 Å². The molecular weight excluding hydrogens is 300 g/mol. The summed E-state index contributed by atoms with van der Waals surface area (Å²) in [6, 6.07) is 9.53. The molecule has 0 heterocycles. The van der Waals surface area contributed by atoms with Gasteiger partial charge in [0.15, 0.2) is 0 Å². The Morgan fingerprint density at radius 3 is 2.70 bits per heavy atom. The minimum atomic E-state index is -0.527. The van der Waals surface area contributed by atoms with Gasteiger partial charge in [0.1, 0.15) is 11.6 Å². The lowest BCUT2D eigenvalue weighted by atomic mass is 9.98. The fourth-order valence-corrected chi connectivity index (χ4v) is 2.44. The molecular formula is C15H14Cl2FNO. The van der Waals surface area contributed by atoms with Gasteiger partial charge in [0.05, 0.1) is 12.1 Å². The maximum atomic E-state index is 13.9. The molecule has 1 atom stereocenters. The maximum absolute atomic E-state index is 13.9. The molecule has 0 aliphatic heterocycles. The van der Waals surface area contributed by atoms with Crippen molar-refractivity contribution in [2.45, 2.75) is 12.5 Å². The van der Waals surface area contributed by atoms with Crippen LogP contribution in [0.2, 0.25) is 10.0 Å². The van der Waals surface area contributed by atoms with Gasteiger partial charge in [-0.3, -0.25) is 0 Å². The van der Waals surface area contributed by atoms with Crippen LogP contribution >= 0.6 is 23.2 Å². The molecule has 0 saturated heterocycles. The second-order valence-corrected chi connectivity index (χ2v) is 5.25. The van der Waals surface area contributed by atoms with Gasteiger partial charge in [-0.15, -0.1) is 0 Å². The predicted octanol–water partition coefficient (Wildman–Crippen LogP) is 4.38. The third-order valence-corrected chi connectivity index (χ3v) is 3.59. The minimum absolute atomic E-state index is 0.0657. The normalized spacial score (nSPS) is 12.2. The van der Waals surface area contributed by atoms with Gasteiger partial charge < -0.3 is 10.5 Å². The molecule has 0 radical (unpaired) electrons. The van der Waals surface area contributed by atoms with E-state index in [1.54, 1.807) is 37.4 Å². The van der Waals surface area contributed by atoms with Gasteiger partial charge in [-0.05, 0) is 36.2 Å². The highest BCUT2D eigenvalue weighted by Gasteiger charge is 2.16. The first-order valence-corrected chi connectivity index (χ1v) is 6.80. The Hall–Kier alpha value is -1.29. The van der Waals surface area contributed by atoms with Crippen molar-refractivity contribution >= 4 is 23.2 Å². The Kier molecular flexibility index (Phi) is 4.86. The Balaban J connectivity index is 2.30. The van der Waals surface area contributed by atoms with Crippen molar-refractivity contribution in [3.05, 3.63) is 63.4 Å². The highest BCUT2D eigenvalue weighted by atomic mass is 35.5. The van der Waals surface area contributed by atoms with Gasteiger partial charge in [0, 0.05) is 16.6 Å². The molecule has 2 rings (SSSR count). The van der Waals surface area contributed by atoms with Crippen LogP contribution in [0.5, 0.6) is 5.75 Å². The Morgan fingerprint density at radius 2 is 2.00 bits per heavy atom. The summed E-state index contributed by atoms with van der Waals surface area (Å²) in [4.78, 5) is 0. The number of ether oxygens (including phenoxy) is 1. The quantitative estimate of drug-likeness (QED) is 0.909. The van der Waals surface area contributed by atoms with E-state index >= 15 is 0 Å². The number of benzene rings is 2. The zero-order chi connectivity index (χ0) is 14.7. The van der Waals surface area contributed by atoms with E-state index in [-0.39, 0.29) is 5.02 Å². The molecule has 0 bridgehead atoms. The predicted molar refractivity (Wildman–Crippen MR) is 80.0 cm³/mol. The summed E-state index contributed by atoms with van der Waals surface area (Å²) in [5.41, 5.74) is 7.27. The van der Waals surface area contributed by atoms with E-state index < -0.39 is 11.9 Å². The molecule has 0 saturated carbocycles. The molecule has 2 aromatic carbocycles. The van der Waals surface area contributed by atoms with Crippen molar-refractivity contribution in [1.29, 1.82) is 0 Å². The summed E-state index contributed by atoms with van der Waals surface area (Å²) in [6.07, 6.45) is 0.404. The van der Waals surface area contributed by atoms with Gasteiger partial charge in [-0.2, -0.15) is 0 Å². The molecule has 1 unspecified atom stereocenters. The second kappa shape index (κ2) is 6.44. The number of nitrogens with two attached hydrogens (primary N) is 1. The van der Waals surface area contributed by atoms with Crippen LogP contribution in [0, 0.1) is 5.82 Å². The van der Waals surface area contributed by atoms with Crippen LogP contribution in [0.15, 0.2) is 36.4 Å². The first-order valence-electron chi connectivity index (χ1n) is 6.05. The van der Waals surface area contributed by atoms with Crippen LogP contribution < -0.4 is 10.5 Å². The Labute approximate surface area is 127 Å². The second-order valence-electron chi connectivity index (χ2n) is 4.41. The molecule has 2 N–H and O–H groups in total. The smallest absolute Gasteiger partial charge is 0.146 e. The third kappa shape index (κ3) is 3.23. The Morgan fingerprint density at radius 1 is 1.25 bits per heavy atom. The van der Waals surface area contributed by atoms with Crippen molar-refractivity contribution < 1.29 is 9.13 Å². The van der Waals surface area contributed by atoms with Gasteiger partial charge in [-0.25, -0.2) is 4.39 Å². The van der Waals surface area contributed by atoms with Crippen LogP contribution in [-0.4, -0.2) is 7.11 Å². The van der Waals surface area contributed by atoms with Crippen LogP contribution in [0.3, 0.4) is 0 Å². The molecule has 0 aliphatic carbocycles. The Bertz CT molecular complexity index is 619. The van der Waals surface area contributed by atoms with E-state index in [2.05, 4.69) is 0 Å². The maximum Gasteiger partial charge on any atom is 0.146 e. The summed E-state index contributed by atoms with van der Waals surface area (Å²) < 4.78 is 19.2. The summed E-state index contributed by atoms with van der Waals surface area (Å²) in [5, 5.41) is 0.649. The fraction of sp³-hybridized carbons (Fsp3) is 0.200. The van der Waals surface area contributed by atoms with Crippen molar-refractivity contribution in [2.75, 3.05) is 7.11 Å². The minimum Gasteiger partial charge on any atom is -0.496 e. The zero-order valence-electron chi connectivity index (χ0n) is 10.9. The number of hydrogen-bond acceptors (Lipinski definition) is 2. The van der Waals surface area contributed by atoms with Gasteiger partial charge >= 0.3 is 0 Å². The first-order chi connectivity index (χ1) is 9.52. The van der Waals surface area contributed by atoms with Crippen LogP contribution in [0.4, 0.5) is 4.39 Å². The summed E-state index contributed by atoms with van der Waals surface area (Å²) in [6.45, 7) is 0. The molecule has 0 aromatic heterocycles. The molecule has 106 valence electrons. The highest BCUT2D eigenvalue weighted by Crippen LogP contribution is 2.29. The van der Waals surface area contributed by atoms with Crippen molar-refractivity contribution in [3.63, 3.8) is 0 Å². The molecule has 2 nitrogen and oxygen atoms in total. The lowest BCUT2D eigenvalue weighted by molar-refractivity contribution is 0.408. The summed E-state index contributed by atoms with van der Waals surface area (Å²) in [5.74, 6) is 0.190. The first kappa shape index (κ1) is 15.1. The topological polar surface area (TPSA) is 35.2 Å². The SMILES string of the molecule is COc1ccc(Cl)cc1CC(N)c1cccc(Cl)c1F.